The van der Waals surface area contributed by atoms with Gasteiger partial charge in [-0.15, -0.1) is 0 Å². The fourth-order valence-electron chi connectivity index (χ4n) is 1.88. The van der Waals surface area contributed by atoms with Gasteiger partial charge >= 0.3 is 6.18 Å². The maximum Gasteiger partial charge on any atom is 0.416 e. The zero-order chi connectivity index (χ0) is 15.3. The van der Waals surface area contributed by atoms with Gasteiger partial charge in [0, 0.05) is 32.0 Å². The molecule has 21 heavy (non-hydrogen) atoms. The zero-order valence-corrected chi connectivity index (χ0v) is 11.2. The minimum Gasteiger partial charge on any atom is -0.387 e. The Balaban J connectivity index is 1.79. The number of imidazole rings is 1. The van der Waals surface area contributed by atoms with Crippen molar-refractivity contribution in [2.75, 3.05) is 13.1 Å². The second-order valence-electron chi connectivity index (χ2n) is 4.64. The van der Waals surface area contributed by atoms with Gasteiger partial charge in [0.25, 0.3) is 0 Å². The standard InChI is InChI=1S/C14H16F3N3O/c15-14(16,17)12-3-1-11(2-4-12)13(21)9-18-5-7-20-8-6-19-10-20/h1-4,6,8,10,13,18,21H,5,7,9H2. The lowest BCUT2D eigenvalue weighted by molar-refractivity contribution is -0.137. The van der Waals surface area contributed by atoms with E-state index < -0.39 is 17.8 Å². The number of benzene rings is 1. The van der Waals surface area contributed by atoms with Crippen LogP contribution >= 0.6 is 0 Å². The van der Waals surface area contributed by atoms with Crippen LogP contribution in [0.25, 0.3) is 0 Å². The van der Waals surface area contributed by atoms with Crippen molar-refractivity contribution in [1.29, 1.82) is 0 Å². The summed E-state index contributed by atoms with van der Waals surface area (Å²) in [5, 5.41) is 13.0. The number of alkyl halides is 3. The van der Waals surface area contributed by atoms with E-state index in [2.05, 4.69) is 10.3 Å². The maximum absolute atomic E-state index is 12.4. The molecule has 0 saturated carbocycles. The van der Waals surface area contributed by atoms with Crippen molar-refractivity contribution >= 4 is 0 Å². The van der Waals surface area contributed by atoms with Crippen LogP contribution in [0.2, 0.25) is 0 Å². The molecule has 0 radical (unpaired) electrons. The minimum atomic E-state index is -4.35. The molecule has 0 spiro atoms. The lowest BCUT2D eigenvalue weighted by Gasteiger charge is -2.13. The van der Waals surface area contributed by atoms with Crippen LogP contribution in [0.15, 0.2) is 43.0 Å². The third-order valence-electron chi connectivity index (χ3n) is 3.07. The smallest absolute Gasteiger partial charge is 0.387 e. The highest BCUT2D eigenvalue weighted by atomic mass is 19.4. The molecule has 0 aliphatic rings. The highest BCUT2D eigenvalue weighted by Crippen LogP contribution is 2.29. The topological polar surface area (TPSA) is 50.1 Å². The Morgan fingerprint density at radius 3 is 2.52 bits per heavy atom. The Morgan fingerprint density at radius 1 is 1.24 bits per heavy atom. The van der Waals surface area contributed by atoms with Crippen LogP contribution in [-0.2, 0) is 12.7 Å². The van der Waals surface area contributed by atoms with E-state index in [0.717, 1.165) is 12.1 Å². The van der Waals surface area contributed by atoms with Crippen LogP contribution in [0, 0.1) is 0 Å². The number of nitrogens with zero attached hydrogens (tertiary/aromatic N) is 2. The molecular weight excluding hydrogens is 283 g/mol. The lowest BCUT2D eigenvalue weighted by atomic mass is 10.1. The fourth-order valence-corrected chi connectivity index (χ4v) is 1.88. The van der Waals surface area contributed by atoms with E-state index in [0.29, 0.717) is 18.7 Å². The molecule has 114 valence electrons. The van der Waals surface area contributed by atoms with Gasteiger partial charge in [-0.2, -0.15) is 13.2 Å². The number of rotatable bonds is 6. The van der Waals surface area contributed by atoms with Gasteiger partial charge in [-0.05, 0) is 17.7 Å². The zero-order valence-electron chi connectivity index (χ0n) is 11.2. The summed E-state index contributed by atoms with van der Waals surface area (Å²) in [4.78, 5) is 3.91. The van der Waals surface area contributed by atoms with Gasteiger partial charge in [0.05, 0.1) is 18.0 Å². The molecule has 1 aromatic heterocycles. The van der Waals surface area contributed by atoms with Gasteiger partial charge in [-0.1, -0.05) is 12.1 Å². The van der Waals surface area contributed by atoms with Gasteiger partial charge < -0.3 is 15.0 Å². The summed E-state index contributed by atoms with van der Waals surface area (Å²) in [5.74, 6) is 0. The molecule has 1 heterocycles. The molecule has 2 N–H and O–H groups in total. The van der Waals surface area contributed by atoms with Crippen molar-refractivity contribution in [2.45, 2.75) is 18.8 Å². The van der Waals surface area contributed by atoms with Gasteiger partial charge in [-0.25, -0.2) is 4.98 Å². The number of nitrogens with one attached hydrogen (secondary N) is 1. The van der Waals surface area contributed by atoms with Gasteiger partial charge in [0.1, 0.15) is 0 Å². The van der Waals surface area contributed by atoms with Gasteiger partial charge in [0.15, 0.2) is 0 Å². The molecule has 1 aromatic carbocycles. The Morgan fingerprint density at radius 2 is 1.95 bits per heavy atom. The second kappa shape index (κ2) is 6.73. The molecule has 2 aromatic rings. The maximum atomic E-state index is 12.4. The summed E-state index contributed by atoms with van der Waals surface area (Å²) in [5.41, 5.74) is -0.260. The Labute approximate surface area is 120 Å². The first-order valence-corrected chi connectivity index (χ1v) is 6.48. The van der Waals surface area contributed by atoms with Crippen molar-refractivity contribution in [3.05, 3.63) is 54.1 Å². The first-order chi connectivity index (χ1) is 9.97. The van der Waals surface area contributed by atoms with Crippen LogP contribution in [0.5, 0.6) is 0 Å². The molecule has 0 fully saturated rings. The summed E-state index contributed by atoms with van der Waals surface area (Å²) in [6.07, 6.45) is 0.000916. The highest BCUT2D eigenvalue weighted by Gasteiger charge is 2.30. The molecule has 0 saturated heterocycles. The summed E-state index contributed by atoms with van der Waals surface area (Å²) in [6.45, 7) is 1.62. The Kier molecular flexibility index (Phi) is 4.98. The van der Waals surface area contributed by atoms with Gasteiger partial charge in [0.2, 0.25) is 0 Å². The number of aromatic nitrogens is 2. The normalized spacial score (nSPS) is 13.3. The number of aliphatic hydroxyl groups is 1. The van der Waals surface area contributed by atoms with E-state index >= 15 is 0 Å². The molecule has 7 heteroatoms. The van der Waals surface area contributed by atoms with E-state index in [1.165, 1.54) is 12.1 Å². The second-order valence-corrected chi connectivity index (χ2v) is 4.64. The SMILES string of the molecule is OC(CNCCn1ccnc1)c1ccc(C(F)(F)F)cc1. The monoisotopic (exact) mass is 299 g/mol. The third kappa shape index (κ3) is 4.57. The molecule has 1 unspecified atom stereocenters. The summed E-state index contributed by atoms with van der Waals surface area (Å²) in [6, 6.07) is 4.55. The number of hydrogen-bond acceptors (Lipinski definition) is 3. The molecule has 2 rings (SSSR count). The molecule has 0 bridgehead atoms. The van der Waals surface area contributed by atoms with Crippen molar-refractivity contribution in [2.24, 2.45) is 0 Å². The molecule has 0 aliphatic carbocycles. The van der Waals surface area contributed by atoms with Crippen molar-refractivity contribution in [3.8, 4) is 0 Å². The van der Waals surface area contributed by atoms with E-state index in [-0.39, 0.29) is 6.54 Å². The molecule has 0 aliphatic heterocycles. The Bertz CT molecular complexity index is 538. The average Bonchev–Trinajstić information content (AvgIpc) is 2.96. The van der Waals surface area contributed by atoms with E-state index in [4.69, 9.17) is 0 Å². The summed E-state index contributed by atoms with van der Waals surface area (Å²) >= 11 is 0. The van der Waals surface area contributed by atoms with E-state index in [9.17, 15) is 18.3 Å². The van der Waals surface area contributed by atoms with Crippen LogP contribution in [0.3, 0.4) is 0 Å². The average molecular weight is 299 g/mol. The number of halogens is 3. The number of hydrogen-bond donors (Lipinski definition) is 2. The predicted octanol–water partition coefficient (Wildman–Crippen LogP) is 2.23. The van der Waals surface area contributed by atoms with E-state index in [1.54, 1.807) is 12.5 Å². The Hall–Kier alpha value is -1.86. The van der Waals surface area contributed by atoms with Crippen LogP contribution in [0.1, 0.15) is 17.2 Å². The highest BCUT2D eigenvalue weighted by molar-refractivity contribution is 5.26. The quantitative estimate of drug-likeness (QED) is 0.804. The molecular formula is C14H16F3N3O. The summed E-state index contributed by atoms with van der Waals surface area (Å²) < 4.78 is 39.2. The number of aliphatic hydroxyl groups excluding tert-OH is 1. The van der Waals surface area contributed by atoms with E-state index in [1.807, 2.05) is 10.8 Å². The van der Waals surface area contributed by atoms with Crippen LogP contribution in [0.4, 0.5) is 13.2 Å². The van der Waals surface area contributed by atoms with Crippen molar-refractivity contribution in [1.82, 2.24) is 14.9 Å². The molecule has 1 atom stereocenters. The summed E-state index contributed by atoms with van der Waals surface area (Å²) in [7, 11) is 0. The molecule has 4 nitrogen and oxygen atoms in total. The largest absolute Gasteiger partial charge is 0.416 e. The fraction of sp³-hybridized carbons (Fsp3) is 0.357. The predicted molar refractivity (Wildman–Crippen MR) is 71.5 cm³/mol. The van der Waals surface area contributed by atoms with Crippen molar-refractivity contribution < 1.29 is 18.3 Å². The molecule has 0 amide bonds. The third-order valence-corrected chi connectivity index (χ3v) is 3.07. The first-order valence-electron chi connectivity index (χ1n) is 6.48. The first kappa shape index (κ1) is 15.5. The van der Waals surface area contributed by atoms with Crippen molar-refractivity contribution in [3.63, 3.8) is 0 Å². The lowest BCUT2D eigenvalue weighted by Crippen LogP contribution is -2.25. The van der Waals surface area contributed by atoms with Gasteiger partial charge in [-0.3, -0.25) is 0 Å². The minimum absolute atomic E-state index is 0.278. The van der Waals surface area contributed by atoms with Crippen LogP contribution < -0.4 is 5.32 Å². The van der Waals surface area contributed by atoms with Crippen LogP contribution in [-0.4, -0.2) is 27.7 Å².